The quantitative estimate of drug-likeness (QED) is 0.736. The number of amides is 1. The summed E-state index contributed by atoms with van der Waals surface area (Å²) in [6, 6.07) is 10.5. The van der Waals surface area contributed by atoms with Crippen LogP contribution >= 0.6 is 11.8 Å². The number of nitrogens with two attached hydrogens (primary N) is 1. The predicted octanol–water partition coefficient (Wildman–Crippen LogP) is 2.75. The van der Waals surface area contributed by atoms with Gasteiger partial charge in [0.25, 0.3) is 0 Å². The molecule has 0 aliphatic heterocycles. The summed E-state index contributed by atoms with van der Waals surface area (Å²) in [5, 5.41) is 7.98. The van der Waals surface area contributed by atoms with Crippen molar-refractivity contribution in [3.05, 3.63) is 47.5 Å². The number of hydrogen-bond donors (Lipinski definition) is 2. The molecular formula is C18H23N3O3S2. The molecule has 6 nitrogen and oxygen atoms in total. The van der Waals surface area contributed by atoms with E-state index in [1.807, 2.05) is 46.1 Å². The van der Waals surface area contributed by atoms with E-state index in [-0.39, 0.29) is 16.6 Å². The van der Waals surface area contributed by atoms with E-state index >= 15 is 0 Å². The van der Waals surface area contributed by atoms with E-state index in [1.165, 1.54) is 23.9 Å². The predicted molar refractivity (Wildman–Crippen MR) is 107 cm³/mol. The Morgan fingerprint density at radius 2 is 1.85 bits per heavy atom. The molecule has 0 atom stereocenters. The van der Waals surface area contributed by atoms with Gasteiger partial charge < -0.3 is 10.2 Å². The molecule has 0 aromatic heterocycles. The van der Waals surface area contributed by atoms with Crippen LogP contribution in [0.15, 0.2) is 46.2 Å². The van der Waals surface area contributed by atoms with Crippen LogP contribution in [0.1, 0.15) is 11.1 Å². The number of rotatable bonds is 6. The molecule has 26 heavy (non-hydrogen) atoms. The number of thioether (sulfide) groups is 1. The van der Waals surface area contributed by atoms with Gasteiger partial charge in [-0.1, -0.05) is 17.7 Å². The Morgan fingerprint density at radius 1 is 1.15 bits per heavy atom. The molecule has 0 bridgehead atoms. The molecule has 0 fully saturated rings. The second-order valence-corrected chi connectivity index (χ2v) is 8.80. The van der Waals surface area contributed by atoms with Crippen molar-refractivity contribution in [1.82, 2.24) is 0 Å². The van der Waals surface area contributed by atoms with Crippen LogP contribution in [0.5, 0.6) is 0 Å². The van der Waals surface area contributed by atoms with Crippen LogP contribution in [0.3, 0.4) is 0 Å². The Bertz CT molecular complexity index is 925. The Morgan fingerprint density at radius 3 is 2.46 bits per heavy atom. The van der Waals surface area contributed by atoms with Crippen molar-refractivity contribution in [3.63, 3.8) is 0 Å². The highest BCUT2D eigenvalue weighted by Crippen LogP contribution is 2.28. The number of sulfonamides is 1. The normalized spacial score (nSPS) is 11.3. The highest BCUT2D eigenvalue weighted by atomic mass is 32.2. The maximum Gasteiger partial charge on any atom is 0.238 e. The zero-order valence-corrected chi connectivity index (χ0v) is 16.9. The summed E-state index contributed by atoms with van der Waals surface area (Å²) in [6.07, 6.45) is 0. The lowest BCUT2D eigenvalue weighted by Gasteiger charge is -2.19. The molecule has 2 rings (SSSR count). The molecule has 1 amide bonds. The van der Waals surface area contributed by atoms with Crippen molar-refractivity contribution in [2.75, 3.05) is 30.1 Å². The van der Waals surface area contributed by atoms with Crippen LogP contribution < -0.4 is 15.4 Å². The summed E-state index contributed by atoms with van der Waals surface area (Å²) in [6.45, 7) is 4.01. The van der Waals surface area contributed by atoms with Gasteiger partial charge in [0.15, 0.2) is 0 Å². The van der Waals surface area contributed by atoms with Gasteiger partial charge in [-0.05, 0) is 43.7 Å². The fraction of sp³-hybridized carbons (Fsp3) is 0.278. The number of carbonyl (C=O) groups is 1. The summed E-state index contributed by atoms with van der Waals surface area (Å²) < 4.78 is 23.2. The fourth-order valence-electron chi connectivity index (χ4n) is 2.37. The Hall–Kier alpha value is -2.03. The summed E-state index contributed by atoms with van der Waals surface area (Å²) in [7, 11) is -0.220. The topological polar surface area (TPSA) is 92.5 Å². The maximum absolute atomic E-state index is 12.4. The van der Waals surface area contributed by atoms with Crippen LogP contribution in [0.2, 0.25) is 0 Å². The number of carbonyl (C=O) groups excluding carboxylic acids is 1. The van der Waals surface area contributed by atoms with Crippen LogP contribution in [-0.4, -0.2) is 34.2 Å². The van der Waals surface area contributed by atoms with Crippen molar-refractivity contribution in [3.8, 4) is 0 Å². The lowest BCUT2D eigenvalue weighted by Crippen LogP contribution is -2.19. The van der Waals surface area contributed by atoms with Crippen molar-refractivity contribution in [1.29, 1.82) is 0 Å². The zero-order chi connectivity index (χ0) is 19.5. The molecule has 2 aromatic carbocycles. The second-order valence-electron chi connectivity index (χ2n) is 6.22. The van der Waals surface area contributed by atoms with Gasteiger partial charge in [0.2, 0.25) is 15.9 Å². The number of aryl methyl sites for hydroxylation is 2. The lowest BCUT2D eigenvalue weighted by atomic mass is 10.2. The van der Waals surface area contributed by atoms with Gasteiger partial charge in [-0.2, -0.15) is 0 Å². The van der Waals surface area contributed by atoms with E-state index in [1.54, 1.807) is 11.0 Å². The monoisotopic (exact) mass is 393 g/mol. The Balaban J connectivity index is 2.18. The molecule has 0 radical (unpaired) electrons. The molecule has 3 N–H and O–H groups in total. The van der Waals surface area contributed by atoms with E-state index in [0.717, 1.165) is 16.0 Å². The Kier molecular flexibility index (Phi) is 6.33. The third kappa shape index (κ3) is 5.23. The molecule has 0 spiro atoms. The number of nitrogens with zero attached hydrogens (tertiary/aromatic N) is 1. The average Bonchev–Trinajstić information content (AvgIpc) is 2.54. The molecule has 140 valence electrons. The zero-order valence-electron chi connectivity index (χ0n) is 15.2. The average molecular weight is 394 g/mol. The van der Waals surface area contributed by atoms with Crippen LogP contribution in [-0.2, 0) is 14.8 Å². The van der Waals surface area contributed by atoms with E-state index in [4.69, 9.17) is 5.14 Å². The highest BCUT2D eigenvalue weighted by molar-refractivity contribution is 8.00. The van der Waals surface area contributed by atoms with Gasteiger partial charge in [0.1, 0.15) is 0 Å². The van der Waals surface area contributed by atoms with Crippen LogP contribution in [0.25, 0.3) is 0 Å². The van der Waals surface area contributed by atoms with Gasteiger partial charge in [0.05, 0.1) is 22.0 Å². The van der Waals surface area contributed by atoms with Crippen molar-refractivity contribution < 1.29 is 13.2 Å². The van der Waals surface area contributed by atoms with Gasteiger partial charge in [-0.3, -0.25) is 4.79 Å². The van der Waals surface area contributed by atoms with Crippen LogP contribution in [0.4, 0.5) is 11.4 Å². The first-order valence-corrected chi connectivity index (χ1v) is 10.4. The van der Waals surface area contributed by atoms with Crippen molar-refractivity contribution in [2.24, 2.45) is 5.14 Å². The first-order valence-electron chi connectivity index (χ1n) is 7.92. The second kappa shape index (κ2) is 8.11. The molecule has 2 aromatic rings. The standard InChI is InChI=1S/C18H23N3O3S2/c1-12-5-6-13(2)17(9-12)25-11-18(22)20-15-10-14(26(19,23)24)7-8-16(15)21(3)4/h5-10H,11H2,1-4H3,(H,20,22)(H2,19,23,24). The molecule has 0 saturated heterocycles. The first-order chi connectivity index (χ1) is 12.1. The largest absolute Gasteiger partial charge is 0.376 e. The first kappa shape index (κ1) is 20.3. The van der Waals surface area contributed by atoms with Gasteiger partial charge >= 0.3 is 0 Å². The minimum atomic E-state index is -3.84. The number of nitrogens with one attached hydrogen (secondary N) is 1. The smallest absolute Gasteiger partial charge is 0.238 e. The molecule has 8 heteroatoms. The minimum Gasteiger partial charge on any atom is -0.376 e. The number of anilines is 2. The molecule has 0 aliphatic carbocycles. The summed E-state index contributed by atoms with van der Waals surface area (Å²) in [5.74, 6) is 0.00195. The fourth-order valence-corrected chi connectivity index (χ4v) is 3.84. The molecule has 0 unspecified atom stereocenters. The van der Waals surface area contributed by atoms with Crippen LogP contribution in [0, 0.1) is 13.8 Å². The summed E-state index contributed by atoms with van der Waals surface area (Å²) >= 11 is 1.44. The SMILES string of the molecule is Cc1ccc(C)c(SCC(=O)Nc2cc(S(N)(=O)=O)ccc2N(C)C)c1. The van der Waals surface area contributed by atoms with Crippen molar-refractivity contribution >= 4 is 39.1 Å². The van der Waals surface area contributed by atoms with Gasteiger partial charge in [0, 0.05) is 19.0 Å². The lowest BCUT2D eigenvalue weighted by molar-refractivity contribution is -0.113. The van der Waals surface area contributed by atoms with E-state index in [0.29, 0.717) is 11.4 Å². The maximum atomic E-state index is 12.4. The minimum absolute atomic E-state index is 0.0411. The molecule has 0 saturated carbocycles. The highest BCUT2D eigenvalue weighted by Gasteiger charge is 2.15. The third-order valence-electron chi connectivity index (χ3n) is 3.75. The van der Waals surface area contributed by atoms with Gasteiger partial charge in [-0.15, -0.1) is 11.8 Å². The van der Waals surface area contributed by atoms with Crippen molar-refractivity contribution in [2.45, 2.75) is 23.6 Å². The number of hydrogen-bond acceptors (Lipinski definition) is 5. The number of benzene rings is 2. The van der Waals surface area contributed by atoms with E-state index in [9.17, 15) is 13.2 Å². The summed E-state index contributed by atoms with van der Waals surface area (Å²) in [5.41, 5.74) is 3.35. The third-order valence-corrected chi connectivity index (χ3v) is 5.82. The van der Waals surface area contributed by atoms with Gasteiger partial charge in [-0.25, -0.2) is 13.6 Å². The Labute approximate surface area is 158 Å². The van der Waals surface area contributed by atoms with E-state index in [2.05, 4.69) is 5.32 Å². The molecule has 0 heterocycles. The summed E-state index contributed by atoms with van der Waals surface area (Å²) in [4.78, 5) is 15.2. The molecule has 0 aliphatic rings. The van der Waals surface area contributed by atoms with E-state index < -0.39 is 10.0 Å². The molecular weight excluding hydrogens is 370 g/mol. The number of primary sulfonamides is 1.